The smallest absolute Gasteiger partial charge is 0.347 e. The fourth-order valence-corrected chi connectivity index (χ4v) is 3.92. The number of hydrogen-bond donors (Lipinski definition) is 2. The van der Waals surface area contributed by atoms with Crippen LogP contribution >= 0.6 is 0 Å². The van der Waals surface area contributed by atoms with Gasteiger partial charge in [-0.15, -0.1) is 10.2 Å². The lowest BCUT2D eigenvalue weighted by Crippen LogP contribution is -2.24. The number of hydrogen-bond acceptors (Lipinski definition) is 7. The van der Waals surface area contributed by atoms with E-state index in [0.717, 1.165) is 23.9 Å². The zero-order valence-electron chi connectivity index (χ0n) is 22.6. The molecule has 0 bridgehead atoms. The highest BCUT2D eigenvalue weighted by Gasteiger charge is 2.30. The van der Waals surface area contributed by atoms with E-state index >= 15 is 0 Å². The molecule has 4 rings (SSSR count). The molecule has 0 aliphatic heterocycles. The first kappa shape index (κ1) is 29.4. The predicted octanol–water partition coefficient (Wildman–Crippen LogP) is 3.75. The monoisotopic (exact) mass is 569 g/mol. The largest absolute Gasteiger partial charge is 0.416 e. The third kappa shape index (κ3) is 8.43. The lowest BCUT2D eigenvalue weighted by molar-refractivity contribution is -0.137. The molecular formula is C27H30F3N9O2. The van der Waals surface area contributed by atoms with E-state index in [1.54, 1.807) is 10.9 Å². The van der Waals surface area contributed by atoms with E-state index in [1.807, 2.05) is 12.1 Å². The summed E-state index contributed by atoms with van der Waals surface area (Å²) in [7, 11) is 0. The Morgan fingerprint density at radius 3 is 2.07 bits per heavy atom. The molecule has 0 saturated carbocycles. The van der Waals surface area contributed by atoms with E-state index in [9.17, 15) is 22.8 Å². The second-order valence-electron chi connectivity index (χ2n) is 9.74. The molecule has 3 heterocycles. The minimum atomic E-state index is -4.49. The number of amides is 2. The van der Waals surface area contributed by atoms with Crippen molar-refractivity contribution < 1.29 is 22.8 Å². The summed E-state index contributed by atoms with van der Waals surface area (Å²) >= 11 is 0. The molecule has 11 nitrogen and oxygen atoms in total. The highest BCUT2D eigenvalue weighted by Crippen LogP contribution is 2.29. The Morgan fingerprint density at radius 1 is 0.878 bits per heavy atom. The second-order valence-corrected chi connectivity index (χ2v) is 9.74. The summed E-state index contributed by atoms with van der Waals surface area (Å²) in [6.07, 6.45) is 1.00. The molecule has 0 radical (unpaired) electrons. The predicted molar refractivity (Wildman–Crippen MR) is 141 cm³/mol. The summed E-state index contributed by atoms with van der Waals surface area (Å²) < 4.78 is 41.6. The fraction of sp³-hybridized carbons (Fsp3) is 0.370. The molecule has 216 valence electrons. The lowest BCUT2D eigenvalue weighted by atomic mass is 10.0. The van der Waals surface area contributed by atoms with Crippen LogP contribution in [0, 0.1) is 0 Å². The molecule has 2 N–H and O–H groups in total. The number of nitrogens with one attached hydrogen (secondary N) is 2. The first-order valence-electron chi connectivity index (χ1n) is 13.1. The van der Waals surface area contributed by atoms with Gasteiger partial charge in [-0.1, -0.05) is 48.5 Å². The van der Waals surface area contributed by atoms with Gasteiger partial charge in [-0.2, -0.15) is 13.2 Å². The van der Waals surface area contributed by atoms with E-state index in [-0.39, 0.29) is 29.5 Å². The van der Waals surface area contributed by atoms with E-state index in [0.29, 0.717) is 38.4 Å². The van der Waals surface area contributed by atoms with Crippen molar-refractivity contribution in [3.8, 4) is 0 Å². The number of rotatable bonds is 12. The molecule has 14 heteroatoms. The second kappa shape index (κ2) is 13.2. The number of alkyl halides is 3. The minimum Gasteiger partial charge on any atom is -0.347 e. The third-order valence-electron chi connectivity index (χ3n) is 6.21. The molecule has 2 amide bonds. The number of unbranched alkanes of at least 4 members (excludes halogenated alkanes) is 1. The van der Waals surface area contributed by atoms with Crippen LogP contribution in [0.3, 0.4) is 0 Å². The molecule has 4 aromatic rings. The quantitative estimate of drug-likeness (QED) is 0.248. The van der Waals surface area contributed by atoms with Crippen LogP contribution in [-0.4, -0.2) is 46.8 Å². The van der Waals surface area contributed by atoms with E-state index in [4.69, 9.17) is 0 Å². The van der Waals surface area contributed by atoms with Gasteiger partial charge in [0, 0.05) is 25.8 Å². The van der Waals surface area contributed by atoms with Crippen molar-refractivity contribution in [2.24, 2.45) is 0 Å². The van der Waals surface area contributed by atoms with E-state index in [1.165, 1.54) is 16.4 Å². The van der Waals surface area contributed by atoms with E-state index in [2.05, 4.69) is 62.2 Å². The van der Waals surface area contributed by atoms with Crippen LogP contribution in [0.1, 0.15) is 76.0 Å². The number of pyridine rings is 1. The molecule has 0 saturated heterocycles. The maximum Gasteiger partial charge on any atom is 0.416 e. The zero-order valence-corrected chi connectivity index (χ0v) is 22.6. The van der Waals surface area contributed by atoms with Gasteiger partial charge in [-0.25, -0.2) is 0 Å². The van der Waals surface area contributed by atoms with Gasteiger partial charge in [-0.3, -0.25) is 23.9 Å². The standard InChI is InChI=1S/C27H30F3N9O2/c1-18(2)20-7-5-6-19(12-20)14-32-25(40)23-16-38(36-34-23)10-3-4-11-39-17-24(35-37-39)26(41)33-15-22-13-21(8-9-31-22)27(28,29)30/h5-9,12-13,16-18H,3-4,10-11,14-15H2,1-2H3,(H,32,40)(H,33,41). The Kier molecular flexibility index (Phi) is 9.42. The van der Waals surface area contributed by atoms with E-state index < -0.39 is 17.6 Å². The van der Waals surface area contributed by atoms with Gasteiger partial charge in [-0.05, 0) is 42.0 Å². The summed E-state index contributed by atoms with van der Waals surface area (Å²) in [5, 5.41) is 21.1. The number of halogens is 3. The average molecular weight is 570 g/mol. The van der Waals surface area contributed by atoms with Crippen LogP contribution in [0.4, 0.5) is 13.2 Å². The normalized spacial score (nSPS) is 11.6. The van der Waals surface area contributed by atoms with Gasteiger partial charge in [0.2, 0.25) is 0 Å². The maximum absolute atomic E-state index is 12.8. The first-order valence-corrected chi connectivity index (χ1v) is 13.1. The Balaban J connectivity index is 1.17. The van der Waals surface area contributed by atoms with Crippen molar-refractivity contribution in [3.05, 3.63) is 88.8 Å². The Hall–Kier alpha value is -4.62. The number of carbonyl (C=O) groups excluding carboxylic acids is 2. The SMILES string of the molecule is CC(C)c1cccc(CNC(=O)c2cn(CCCCn3cc(C(=O)NCc4cc(C(F)(F)F)ccn4)nn3)nn2)c1. The summed E-state index contributed by atoms with van der Waals surface area (Å²) in [5.74, 6) is -0.472. The van der Waals surface area contributed by atoms with Crippen LogP contribution in [-0.2, 0) is 32.4 Å². The molecular weight excluding hydrogens is 539 g/mol. The molecule has 1 aromatic carbocycles. The van der Waals surface area contributed by atoms with Crippen LogP contribution < -0.4 is 10.6 Å². The topological polar surface area (TPSA) is 133 Å². The Morgan fingerprint density at radius 2 is 1.49 bits per heavy atom. The van der Waals surface area contributed by atoms with Crippen molar-refractivity contribution in [3.63, 3.8) is 0 Å². The molecule has 0 aliphatic carbocycles. The summed E-state index contributed by atoms with van der Waals surface area (Å²) in [6, 6.07) is 9.83. The molecule has 0 spiro atoms. The van der Waals surface area contributed by atoms with Crippen molar-refractivity contribution in [1.29, 1.82) is 0 Å². The number of aromatic nitrogens is 7. The zero-order chi connectivity index (χ0) is 29.4. The van der Waals surface area contributed by atoms with Gasteiger partial charge in [0.05, 0.1) is 30.2 Å². The van der Waals surface area contributed by atoms with Gasteiger partial charge in [0.25, 0.3) is 11.8 Å². The van der Waals surface area contributed by atoms with Crippen LogP contribution in [0.2, 0.25) is 0 Å². The maximum atomic E-state index is 12.8. The molecule has 3 aromatic heterocycles. The molecule has 0 fully saturated rings. The van der Waals surface area contributed by atoms with Gasteiger partial charge < -0.3 is 10.6 Å². The third-order valence-corrected chi connectivity index (χ3v) is 6.21. The molecule has 0 unspecified atom stereocenters. The van der Waals surface area contributed by atoms with Crippen LogP contribution in [0.5, 0.6) is 0 Å². The minimum absolute atomic E-state index is 0.0415. The Bertz CT molecular complexity index is 1480. The highest BCUT2D eigenvalue weighted by molar-refractivity contribution is 5.92. The average Bonchev–Trinajstić information content (AvgIpc) is 3.63. The molecule has 0 atom stereocenters. The number of carbonyl (C=O) groups is 2. The van der Waals surface area contributed by atoms with Crippen molar-refractivity contribution in [1.82, 2.24) is 45.6 Å². The van der Waals surface area contributed by atoms with Crippen molar-refractivity contribution in [2.75, 3.05) is 0 Å². The first-order chi connectivity index (χ1) is 19.6. The van der Waals surface area contributed by atoms with Gasteiger partial charge >= 0.3 is 6.18 Å². The summed E-state index contributed by atoms with van der Waals surface area (Å²) in [6.45, 7) is 5.46. The van der Waals surface area contributed by atoms with Crippen LogP contribution in [0.25, 0.3) is 0 Å². The number of aryl methyl sites for hydroxylation is 2. The fourth-order valence-electron chi connectivity index (χ4n) is 3.92. The number of nitrogens with zero attached hydrogens (tertiary/aromatic N) is 7. The molecule has 0 aliphatic rings. The van der Waals surface area contributed by atoms with Crippen molar-refractivity contribution >= 4 is 11.8 Å². The number of benzene rings is 1. The summed E-state index contributed by atoms with van der Waals surface area (Å²) in [5.41, 5.74) is 1.73. The molecule has 41 heavy (non-hydrogen) atoms. The Labute approximate surface area is 234 Å². The van der Waals surface area contributed by atoms with Gasteiger partial charge in [0.1, 0.15) is 0 Å². The van der Waals surface area contributed by atoms with Crippen LogP contribution in [0.15, 0.2) is 55.0 Å². The van der Waals surface area contributed by atoms with Gasteiger partial charge in [0.15, 0.2) is 11.4 Å². The summed E-state index contributed by atoms with van der Waals surface area (Å²) in [4.78, 5) is 28.7. The lowest BCUT2D eigenvalue weighted by Gasteiger charge is -2.08. The highest BCUT2D eigenvalue weighted by atomic mass is 19.4. The van der Waals surface area contributed by atoms with Crippen molar-refractivity contribution in [2.45, 2.75) is 65.0 Å².